The molecule has 0 saturated heterocycles. The third kappa shape index (κ3) is 2.94. The van der Waals surface area contributed by atoms with Gasteiger partial charge in [0.1, 0.15) is 6.04 Å². The zero-order valence-electron chi connectivity index (χ0n) is 9.32. The predicted molar refractivity (Wildman–Crippen MR) is 68.1 cm³/mol. The number of nitrogens with one attached hydrogen (secondary N) is 1. The van der Waals surface area contributed by atoms with Crippen LogP contribution < -0.4 is 5.32 Å². The Morgan fingerprint density at radius 2 is 2.00 bits per heavy atom. The molecule has 2 rings (SSSR count). The monoisotopic (exact) mass is 287 g/mol. The summed E-state index contributed by atoms with van der Waals surface area (Å²) in [4.78, 5) is 22.9. The summed E-state index contributed by atoms with van der Waals surface area (Å²) in [6.45, 7) is 0. The number of hydrogen-bond acceptors (Lipinski definition) is 2. The Kier molecular flexibility index (Phi) is 3.78. The SMILES string of the molecule is O=C(NC(C(=O)O)C1CC1)c1ccc(Cl)cc1Cl. The van der Waals surface area contributed by atoms with Crippen LogP contribution in [0.5, 0.6) is 0 Å². The van der Waals surface area contributed by atoms with Crippen LogP contribution >= 0.6 is 23.2 Å². The Hall–Kier alpha value is -1.26. The molecule has 0 radical (unpaired) electrons. The predicted octanol–water partition coefficient (Wildman–Crippen LogP) is 2.59. The smallest absolute Gasteiger partial charge is 0.326 e. The molecule has 2 N–H and O–H groups in total. The molecule has 1 fully saturated rings. The molecule has 0 spiro atoms. The van der Waals surface area contributed by atoms with E-state index in [4.69, 9.17) is 28.3 Å². The summed E-state index contributed by atoms with van der Waals surface area (Å²) in [5.41, 5.74) is 0.230. The maximum atomic E-state index is 11.9. The van der Waals surface area contributed by atoms with Gasteiger partial charge in [-0.15, -0.1) is 0 Å². The lowest BCUT2D eigenvalue weighted by molar-refractivity contribution is -0.139. The van der Waals surface area contributed by atoms with Gasteiger partial charge in [-0.1, -0.05) is 23.2 Å². The van der Waals surface area contributed by atoms with Crippen LogP contribution in [-0.4, -0.2) is 23.0 Å². The van der Waals surface area contributed by atoms with Crippen molar-refractivity contribution in [2.24, 2.45) is 5.92 Å². The van der Waals surface area contributed by atoms with Gasteiger partial charge in [0.05, 0.1) is 10.6 Å². The van der Waals surface area contributed by atoms with Crippen molar-refractivity contribution in [2.45, 2.75) is 18.9 Å². The van der Waals surface area contributed by atoms with E-state index in [2.05, 4.69) is 5.32 Å². The lowest BCUT2D eigenvalue weighted by Gasteiger charge is -2.14. The minimum absolute atomic E-state index is 0.0255. The third-order valence-electron chi connectivity index (χ3n) is 2.82. The molecule has 0 bridgehead atoms. The van der Waals surface area contributed by atoms with E-state index in [1.807, 2.05) is 0 Å². The van der Waals surface area contributed by atoms with Gasteiger partial charge in [-0.3, -0.25) is 4.79 Å². The van der Waals surface area contributed by atoms with Crippen molar-refractivity contribution < 1.29 is 14.7 Å². The lowest BCUT2D eigenvalue weighted by Crippen LogP contribution is -2.42. The molecule has 0 aliphatic heterocycles. The summed E-state index contributed by atoms with van der Waals surface area (Å²) in [6, 6.07) is 3.62. The lowest BCUT2D eigenvalue weighted by atomic mass is 10.1. The van der Waals surface area contributed by atoms with E-state index >= 15 is 0 Å². The number of hydrogen-bond donors (Lipinski definition) is 2. The van der Waals surface area contributed by atoms with Gasteiger partial charge < -0.3 is 10.4 Å². The molecule has 1 aliphatic carbocycles. The molecule has 1 aromatic carbocycles. The second kappa shape index (κ2) is 5.16. The molecule has 4 nitrogen and oxygen atoms in total. The fourth-order valence-electron chi connectivity index (χ4n) is 1.70. The summed E-state index contributed by atoms with van der Waals surface area (Å²) in [6.07, 6.45) is 1.65. The highest BCUT2D eigenvalue weighted by atomic mass is 35.5. The molecule has 6 heteroatoms. The largest absolute Gasteiger partial charge is 0.480 e. The van der Waals surface area contributed by atoms with Crippen LogP contribution in [0.1, 0.15) is 23.2 Å². The molecule has 0 heterocycles. The first-order valence-electron chi connectivity index (χ1n) is 5.48. The standard InChI is InChI=1S/C12H11Cl2NO3/c13-7-3-4-8(9(14)5-7)11(16)15-10(12(17)18)6-1-2-6/h3-6,10H,1-2H2,(H,15,16)(H,17,18). The van der Waals surface area contributed by atoms with E-state index in [1.165, 1.54) is 18.2 Å². The van der Waals surface area contributed by atoms with Crippen LogP contribution in [0.4, 0.5) is 0 Å². The molecular weight excluding hydrogens is 277 g/mol. The first kappa shape index (κ1) is 13.2. The number of carboxylic acid groups (broad SMARTS) is 1. The van der Waals surface area contributed by atoms with Crippen LogP contribution in [0.3, 0.4) is 0 Å². The first-order valence-corrected chi connectivity index (χ1v) is 6.23. The summed E-state index contributed by atoms with van der Waals surface area (Å²) >= 11 is 11.6. The molecular formula is C12H11Cl2NO3. The van der Waals surface area contributed by atoms with Crippen molar-refractivity contribution >= 4 is 35.1 Å². The maximum Gasteiger partial charge on any atom is 0.326 e. The fourth-order valence-corrected chi connectivity index (χ4v) is 2.20. The van der Waals surface area contributed by atoms with Crippen molar-refractivity contribution in [3.63, 3.8) is 0 Å². The second-order valence-corrected chi connectivity index (χ2v) is 5.09. The van der Waals surface area contributed by atoms with Gasteiger partial charge in [-0.25, -0.2) is 4.79 Å². The van der Waals surface area contributed by atoms with Crippen LogP contribution in [0.2, 0.25) is 10.0 Å². The Bertz CT molecular complexity index is 500. The number of carbonyl (C=O) groups excluding carboxylic acids is 1. The van der Waals surface area contributed by atoms with E-state index in [-0.39, 0.29) is 16.5 Å². The van der Waals surface area contributed by atoms with Crippen molar-refractivity contribution in [3.8, 4) is 0 Å². The average molecular weight is 288 g/mol. The highest BCUT2D eigenvalue weighted by Gasteiger charge is 2.37. The van der Waals surface area contributed by atoms with Crippen molar-refractivity contribution in [1.29, 1.82) is 0 Å². The van der Waals surface area contributed by atoms with Crippen LogP contribution in [0, 0.1) is 5.92 Å². The van der Waals surface area contributed by atoms with Crippen LogP contribution in [0.25, 0.3) is 0 Å². The minimum Gasteiger partial charge on any atom is -0.480 e. The topological polar surface area (TPSA) is 66.4 Å². The number of rotatable bonds is 4. The highest BCUT2D eigenvalue weighted by molar-refractivity contribution is 6.36. The molecule has 1 atom stereocenters. The van der Waals surface area contributed by atoms with Crippen molar-refractivity contribution in [1.82, 2.24) is 5.32 Å². The molecule has 0 aromatic heterocycles. The number of carboxylic acids is 1. The van der Waals surface area contributed by atoms with E-state index in [0.29, 0.717) is 5.02 Å². The third-order valence-corrected chi connectivity index (χ3v) is 3.37. The van der Waals surface area contributed by atoms with Gasteiger partial charge in [0.15, 0.2) is 0 Å². The summed E-state index contributed by atoms with van der Waals surface area (Å²) < 4.78 is 0. The number of halogens is 2. The average Bonchev–Trinajstić information content (AvgIpc) is 3.08. The van der Waals surface area contributed by atoms with Crippen molar-refractivity contribution in [2.75, 3.05) is 0 Å². The number of carbonyl (C=O) groups is 2. The van der Waals surface area contributed by atoms with Gasteiger partial charge in [-0.2, -0.15) is 0 Å². The van der Waals surface area contributed by atoms with E-state index in [9.17, 15) is 9.59 Å². The Morgan fingerprint density at radius 3 is 2.50 bits per heavy atom. The normalized spacial score (nSPS) is 16.1. The summed E-state index contributed by atoms with van der Waals surface area (Å²) in [5.74, 6) is -1.48. The Labute approximate surface area is 114 Å². The zero-order chi connectivity index (χ0) is 13.3. The van der Waals surface area contributed by atoms with Crippen LogP contribution in [0.15, 0.2) is 18.2 Å². The fraction of sp³-hybridized carbons (Fsp3) is 0.333. The molecule has 18 heavy (non-hydrogen) atoms. The quantitative estimate of drug-likeness (QED) is 0.895. The number of benzene rings is 1. The minimum atomic E-state index is -1.02. The number of aliphatic carboxylic acids is 1. The zero-order valence-corrected chi connectivity index (χ0v) is 10.8. The maximum absolute atomic E-state index is 11.9. The number of amides is 1. The van der Waals surface area contributed by atoms with Crippen molar-refractivity contribution in [3.05, 3.63) is 33.8 Å². The van der Waals surface area contributed by atoms with Crippen LogP contribution in [-0.2, 0) is 4.79 Å². The molecule has 1 aromatic rings. The second-order valence-electron chi connectivity index (χ2n) is 4.25. The summed E-state index contributed by atoms with van der Waals surface area (Å²) in [5, 5.41) is 12.1. The molecule has 96 valence electrons. The Balaban J connectivity index is 2.13. The molecule has 1 aliphatic rings. The molecule has 1 amide bonds. The van der Waals surface area contributed by atoms with Gasteiger partial charge in [0.25, 0.3) is 5.91 Å². The first-order chi connectivity index (χ1) is 8.49. The van der Waals surface area contributed by atoms with Gasteiger partial charge in [-0.05, 0) is 37.0 Å². The van der Waals surface area contributed by atoms with E-state index < -0.39 is 17.9 Å². The van der Waals surface area contributed by atoms with E-state index in [0.717, 1.165) is 12.8 Å². The van der Waals surface area contributed by atoms with Gasteiger partial charge >= 0.3 is 5.97 Å². The summed E-state index contributed by atoms with van der Waals surface area (Å²) in [7, 11) is 0. The highest BCUT2D eigenvalue weighted by Crippen LogP contribution is 2.33. The Morgan fingerprint density at radius 1 is 1.33 bits per heavy atom. The van der Waals surface area contributed by atoms with Gasteiger partial charge in [0, 0.05) is 5.02 Å². The van der Waals surface area contributed by atoms with Gasteiger partial charge in [0.2, 0.25) is 0 Å². The molecule has 1 unspecified atom stereocenters. The molecule has 1 saturated carbocycles. The van der Waals surface area contributed by atoms with E-state index in [1.54, 1.807) is 0 Å².